The molecule has 2 saturated heterocycles. The summed E-state index contributed by atoms with van der Waals surface area (Å²) in [4.78, 5) is 47.3. The van der Waals surface area contributed by atoms with E-state index in [0.29, 0.717) is 54.1 Å². The summed E-state index contributed by atoms with van der Waals surface area (Å²) in [5.41, 5.74) is 0.510. The largest absolute Gasteiger partial charge is 0.466 e. The van der Waals surface area contributed by atoms with Crippen molar-refractivity contribution in [3.8, 4) is 0 Å². The molecule has 1 aromatic carbocycles. The summed E-state index contributed by atoms with van der Waals surface area (Å²) in [7, 11) is 0. The van der Waals surface area contributed by atoms with E-state index in [4.69, 9.17) is 4.42 Å². The first kappa shape index (κ1) is 23.7. The monoisotopic (exact) mass is 490 g/mol. The number of carbonyl (C=O) groups excluding carboxylic acids is 3. The van der Waals surface area contributed by atoms with Gasteiger partial charge in [-0.2, -0.15) is 0 Å². The molecule has 9 heteroatoms. The van der Waals surface area contributed by atoms with Crippen LogP contribution in [0.5, 0.6) is 0 Å². The van der Waals surface area contributed by atoms with Crippen LogP contribution in [0.15, 0.2) is 59.3 Å². The molecular formula is C27H27FN4O4. The maximum absolute atomic E-state index is 13.9. The van der Waals surface area contributed by atoms with Gasteiger partial charge in [-0.25, -0.2) is 9.18 Å². The quantitative estimate of drug-likeness (QED) is 0.547. The van der Waals surface area contributed by atoms with Crippen LogP contribution in [-0.4, -0.2) is 45.7 Å². The lowest BCUT2D eigenvalue weighted by molar-refractivity contribution is -0.134. The number of benzene rings is 1. The van der Waals surface area contributed by atoms with Crippen LogP contribution >= 0.6 is 0 Å². The first-order valence-electron chi connectivity index (χ1n) is 11.9. The van der Waals surface area contributed by atoms with E-state index >= 15 is 0 Å². The van der Waals surface area contributed by atoms with E-state index in [-0.39, 0.29) is 30.1 Å². The topological polar surface area (TPSA) is 95.8 Å². The SMILES string of the molecule is Cc1cc(C(=O)N2CCC([C@@]3(c4cccnc4)NC(=O)N(Cc4ccc(F)cc4)C3=O)CC2)c(C)o1. The molecule has 0 radical (unpaired) electrons. The zero-order valence-corrected chi connectivity index (χ0v) is 20.2. The van der Waals surface area contributed by atoms with E-state index in [1.165, 1.54) is 17.0 Å². The van der Waals surface area contributed by atoms with Crippen molar-refractivity contribution in [1.82, 2.24) is 20.1 Å². The molecule has 0 spiro atoms. The molecule has 1 N–H and O–H groups in total. The van der Waals surface area contributed by atoms with Gasteiger partial charge in [0.05, 0.1) is 12.1 Å². The van der Waals surface area contributed by atoms with Gasteiger partial charge in [0.15, 0.2) is 5.54 Å². The van der Waals surface area contributed by atoms with Gasteiger partial charge in [-0.05, 0) is 62.4 Å². The van der Waals surface area contributed by atoms with E-state index in [1.54, 1.807) is 61.5 Å². The Bertz CT molecular complexity index is 1300. The molecule has 0 aliphatic carbocycles. The average molecular weight is 491 g/mol. The minimum atomic E-state index is -1.29. The molecule has 5 rings (SSSR count). The van der Waals surface area contributed by atoms with Crippen LogP contribution in [0.4, 0.5) is 9.18 Å². The molecule has 2 aliphatic rings. The Morgan fingerprint density at radius 1 is 1.17 bits per heavy atom. The molecule has 3 aromatic rings. The Balaban J connectivity index is 1.40. The van der Waals surface area contributed by atoms with Crippen molar-refractivity contribution in [2.75, 3.05) is 13.1 Å². The highest BCUT2D eigenvalue weighted by Gasteiger charge is 2.57. The minimum Gasteiger partial charge on any atom is -0.466 e. The molecule has 0 unspecified atom stereocenters. The fourth-order valence-corrected chi connectivity index (χ4v) is 5.34. The summed E-state index contributed by atoms with van der Waals surface area (Å²) in [6.07, 6.45) is 4.26. The molecule has 8 nitrogen and oxygen atoms in total. The Hall–Kier alpha value is -4.01. The van der Waals surface area contributed by atoms with Crippen LogP contribution < -0.4 is 5.32 Å². The van der Waals surface area contributed by atoms with E-state index in [0.717, 1.165) is 0 Å². The number of carbonyl (C=O) groups is 3. The zero-order chi connectivity index (χ0) is 25.4. The zero-order valence-electron chi connectivity index (χ0n) is 20.2. The number of aryl methyl sites for hydroxylation is 2. The van der Waals surface area contributed by atoms with Crippen molar-refractivity contribution in [3.05, 3.63) is 88.9 Å². The third-order valence-electron chi connectivity index (χ3n) is 7.17. The van der Waals surface area contributed by atoms with Crippen molar-refractivity contribution < 1.29 is 23.2 Å². The molecule has 2 aromatic heterocycles. The smallest absolute Gasteiger partial charge is 0.325 e. The third kappa shape index (κ3) is 4.04. The van der Waals surface area contributed by atoms with Gasteiger partial charge in [0.1, 0.15) is 17.3 Å². The number of likely N-dealkylation sites (tertiary alicyclic amines) is 1. The van der Waals surface area contributed by atoms with Gasteiger partial charge >= 0.3 is 6.03 Å². The van der Waals surface area contributed by atoms with Crippen molar-refractivity contribution in [3.63, 3.8) is 0 Å². The highest BCUT2D eigenvalue weighted by molar-refractivity contribution is 6.07. The second kappa shape index (κ2) is 9.22. The lowest BCUT2D eigenvalue weighted by atomic mass is 9.73. The van der Waals surface area contributed by atoms with Crippen LogP contribution in [0.3, 0.4) is 0 Å². The number of urea groups is 1. The number of rotatable bonds is 5. The molecule has 2 aliphatic heterocycles. The average Bonchev–Trinajstić information content (AvgIpc) is 3.36. The molecule has 4 amide bonds. The number of nitrogens with one attached hydrogen (secondary N) is 1. The Morgan fingerprint density at radius 3 is 2.50 bits per heavy atom. The van der Waals surface area contributed by atoms with Gasteiger partial charge in [-0.3, -0.25) is 19.5 Å². The standard InChI is InChI=1S/C27H27FN4O4/c1-17-14-23(18(2)36-17)24(33)31-12-9-20(10-13-31)27(21-4-3-11-29-15-21)25(34)32(26(35)30-27)16-19-5-7-22(28)8-6-19/h3-8,11,14-15,20H,9-10,12-13,16H2,1-2H3,(H,30,35)/t27-/m0/s1. The maximum Gasteiger partial charge on any atom is 0.325 e. The van der Waals surface area contributed by atoms with Crippen molar-refractivity contribution in [2.24, 2.45) is 5.92 Å². The molecule has 4 heterocycles. The van der Waals surface area contributed by atoms with Gasteiger partial charge in [0.25, 0.3) is 11.8 Å². The molecule has 186 valence electrons. The Kier molecular flexibility index (Phi) is 6.07. The minimum absolute atomic E-state index is 0.0312. The van der Waals surface area contributed by atoms with Crippen LogP contribution in [0.25, 0.3) is 0 Å². The van der Waals surface area contributed by atoms with Crippen LogP contribution in [-0.2, 0) is 16.9 Å². The lowest BCUT2D eigenvalue weighted by Crippen LogP contribution is -2.54. The van der Waals surface area contributed by atoms with Gasteiger partial charge < -0.3 is 14.6 Å². The summed E-state index contributed by atoms with van der Waals surface area (Å²) in [6, 6.07) is 10.5. The number of imide groups is 1. The Morgan fingerprint density at radius 2 is 1.89 bits per heavy atom. The summed E-state index contributed by atoms with van der Waals surface area (Å²) in [5.74, 6) is 0.173. The number of halogens is 1. The van der Waals surface area contributed by atoms with E-state index in [9.17, 15) is 18.8 Å². The molecular weight excluding hydrogens is 463 g/mol. The van der Waals surface area contributed by atoms with Crippen LogP contribution in [0.1, 0.15) is 45.8 Å². The molecule has 2 fully saturated rings. The number of aromatic nitrogens is 1. The van der Waals surface area contributed by atoms with Crippen molar-refractivity contribution in [2.45, 2.75) is 38.8 Å². The van der Waals surface area contributed by atoms with Gasteiger partial charge in [-0.1, -0.05) is 18.2 Å². The second-order valence-corrected chi connectivity index (χ2v) is 9.39. The van der Waals surface area contributed by atoms with Gasteiger partial charge in [0, 0.05) is 31.0 Å². The summed E-state index contributed by atoms with van der Waals surface area (Å²) in [5, 5.41) is 2.98. The number of nitrogens with zero attached hydrogens (tertiary/aromatic N) is 3. The highest BCUT2D eigenvalue weighted by Crippen LogP contribution is 2.42. The molecule has 36 heavy (non-hydrogen) atoms. The predicted molar refractivity (Wildman–Crippen MR) is 128 cm³/mol. The normalized spacial score (nSPS) is 20.6. The number of amides is 4. The predicted octanol–water partition coefficient (Wildman–Crippen LogP) is 3.93. The maximum atomic E-state index is 13.9. The first-order valence-corrected chi connectivity index (χ1v) is 11.9. The fourth-order valence-electron chi connectivity index (χ4n) is 5.34. The molecule has 1 atom stereocenters. The van der Waals surface area contributed by atoms with Crippen LogP contribution in [0, 0.1) is 25.6 Å². The van der Waals surface area contributed by atoms with Crippen LogP contribution in [0.2, 0.25) is 0 Å². The summed E-state index contributed by atoms with van der Waals surface area (Å²) < 4.78 is 18.9. The van der Waals surface area contributed by atoms with E-state index in [1.807, 2.05) is 0 Å². The third-order valence-corrected chi connectivity index (χ3v) is 7.17. The molecule has 0 saturated carbocycles. The Labute approximate surface area is 208 Å². The number of piperidine rings is 1. The number of hydrogen-bond donors (Lipinski definition) is 1. The second-order valence-electron chi connectivity index (χ2n) is 9.39. The highest BCUT2D eigenvalue weighted by atomic mass is 19.1. The van der Waals surface area contributed by atoms with Gasteiger partial charge in [0.2, 0.25) is 0 Å². The fraction of sp³-hybridized carbons (Fsp3) is 0.333. The number of furan rings is 1. The van der Waals surface area contributed by atoms with Crippen molar-refractivity contribution in [1.29, 1.82) is 0 Å². The van der Waals surface area contributed by atoms with Gasteiger partial charge in [-0.15, -0.1) is 0 Å². The van der Waals surface area contributed by atoms with Crippen molar-refractivity contribution >= 4 is 17.8 Å². The van der Waals surface area contributed by atoms with E-state index in [2.05, 4.69) is 10.3 Å². The summed E-state index contributed by atoms with van der Waals surface area (Å²) in [6.45, 7) is 4.49. The number of pyridine rings is 1. The number of hydrogen-bond acceptors (Lipinski definition) is 5. The summed E-state index contributed by atoms with van der Waals surface area (Å²) >= 11 is 0. The van der Waals surface area contributed by atoms with E-state index < -0.39 is 11.6 Å². The lowest BCUT2D eigenvalue weighted by Gasteiger charge is -2.41. The first-order chi connectivity index (χ1) is 17.3. The molecule has 0 bridgehead atoms.